The number of halogens is 2. The van der Waals surface area contributed by atoms with Crippen LogP contribution in [0, 0.1) is 5.92 Å². The zero-order chi connectivity index (χ0) is 39.3. The van der Waals surface area contributed by atoms with Crippen LogP contribution < -0.4 is 15.8 Å². The number of ether oxygens (including phenoxy) is 2. The first-order valence-electron chi connectivity index (χ1n) is 18.7. The average Bonchev–Trinajstić information content (AvgIpc) is 3.13. The number of hydrogen-bond donors (Lipinski definition) is 1. The van der Waals surface area contributed by atoms with Crippen molar-refractivity contribution in [1.29, 1.82) is 0 Å². The highest BCUT2D eigenvalue weighted by molar-refractivity contribution is 7.91. The first-order chi connectivity index (χ1) is 25.5. The van der Waals surface area contributed by atoms with Gasteiger partial charge in [0.2, 0.25) is 0 Å². The molecule has 4 heterocycles. The van der Waals surface area contributed by atoms with Crippen LogP contribution in [0.2, 0.25) is 0 Å². The van der Waals surface area contributed by atoms with Crippen molar-refractivity contribution in [2.45, 2.75) is 96.4 Å². The van der Waals surface area contributed by atoms with E-state index in [1.54, 1.807) is 61.6 Å². The number of amides is 1. The number of nitrogens with one attached hydrogen (secondary N) is 1. The van der Waals surface area contributed by atoms with Crippen molar-refractivity contribution in [3.63, 3.8) is 0 Å². The second-order valence-corrected chi connectivity index (χ2v) is 17.6. The van der Waals surface area contributed by atoms with Gasteiger partial charge in [-0.1, -0.05) is 37.1 Å². The number of rotatable bonds is 14. The molecule has 0 spiro atoms. The van der Waals surface area contributed by atoms with Gasteiger partial charge in [0, 0.05) is 57.4 Å². The first-order valence-corrected chi connectivity index (χ1v) is 20.6. The Kier molecular flexibility index (Phi) is 13.0. The zero-order valence-corrected chi connectivity index (χ0v) is 32.8. The summed E-state index contributed by atoms with van der Waals surface area (Å²) in [4.78, 5) is 38.8. The van der Waals surface area contributed by atoms with Crippen LogP contribution in [0.4, 0.5) is 25.1 Å². The number of carbonyl (C=O) groups excluding carboxylic acids is 1. The minimum absolute atomic E-state index is 0.0356. The molecule has 2 aliphatic heterocycles. The predicted molar refractivity (Wildman–Crippen MR) is 207 cm³/mol. The summed E-state index contributed by atoms with van der Waals surface area (Å²) in [7, 11) is -1.54. The number of unbranched alkanes of at least 4 members (excludes halogenated alkanes) is 2. The largest absolute Gasteiger partial charge is 0.444 e. The lowest BCUT2D eigenvalue weighted by molar-refractivity contribution is -0.0861. The van der Waals surface area contributed by atoms with Gasteiger partial charge in [-0.15, -0.1) is 6.58 Å². The number of anilines is 2. The smallest absolute Gasteiger partial charge is 0.410 e. The maximum atomic E-state index is 16.0. The van der Waals surface area contributed by atoms with Crippen LogP contribution in [0.5, 0.6) is 0 Å². The summed E-state index contributed by atoms with van der Waals surface area (Å²) in [6.45, 7) is 12.1. The van der Waals surface area contributed by atoms with Crippen LogP contribution in [0.3, 0.4) is 0 Å². The number of likely N-dealkylation sites (tertiary alicyclic amines) is 1. The van der Waals surface area contributed by atoms with Gasteiger partial charge >= 0.3 is 6.09 Å². The van der Waals surface area contributed by atoms with Gasteiger partial charge in [0.15, 0.2) is 9.84 Å². The molecule has 2 fully saturated rings. The standard InChI is InChI=1S/C39H54F2N6O6S/c1-7-31(52-6)14-9-8-10-17-47-35-32(25-33(36(47)48)45-20-22-54(50,51)23-21-45)34(42-26-43-35)44-27(2)28-12-11-13-30(24-28)39(40,41)29-15-18-46(19-16-29)37(49)53-38(3,4)5/h7,11-13,24-27,29,31H,1,8-10,14-23H2,2-6H3,(H,42,43,44)/t27-,31?/m1/s1. The Morgan fingerprint density at radius 1 is 1.07 bits per heavy atom. The Hall–Kier alpha value is -4.11. The molecule has 15 heteroatoms. The monoisotopic (exact) mass is 772 g/mol. The highest BCUT2D eigenvalue weighted by Gasteiger charge is 2.44. The fraction of sp³-hybridized carbons (Fsp3) is 0.590. The maximum Gasteiger partial charge on any atom is 0.410 e. The number of pyridine rings is 1. The van der Waals surface area contributed by atoms with Gasteiger partial charge < -0.3 is 24.6 Å². The molecule has 0 saturated carbocycles. The van der Waals surface area contributed by atoms with Gasteiger partial charge in [-0.3, -0.25) is 9.36 Å². The van der Waals surface area contributed by atoms with Gasteiger partial charge in [0.1, 0.15) is 29.1 Å². The summed E-state index contributed by atoms with van der Waals surface area (Å²) in [5, 5.41) is 3.95. The number of aryl methyl sites for hydroxylation is 1. The number of benzene rings is 1. The third-order valence-corrected chi connectivity index (χ3v) is 11.9. The number of sulfone groups is 1. The molecule has 3 aromatic rings. The van der Waals surface area contributed by atoms with Crippen LogP contribution in [0.25, 0.3) is 11.0 Å². The quantitative estimate of drug-likeness (QED) is 0.139. The number of nitrogens with zero attached hydrogens (tertiary/aromatic N) is 5. The van der Waals surface area contributed by atoms with E-state index in [4.69, 9.17) is 9.47 Å². The van der Waals surface area contributed by atoms with E-state index < -0.39 is 39.4 Å². The van der Waals surface area contributed by atoms with Crippen molar-refractivity contribution >= 4 is 38.5 Å². The molecule has 0 radical (unpaired) electrons. The van der Waals surface area contributed by atoms with Gasteiger partial charge in [-0.2, -0.15) is 0 Å². The van der Waals surface area contributed by atoms with Crippen LogP contribution in [0.1, 0.15) is 83.4 Å². The van der Waals surface area contributed by atoms with Crippen molar-refractivity contribution in [1.82, 2.24) is 19.4 Å². The van der Waals surface area contributed by atoms with Crippen molar-refractivity contribution in [2.75, 3.05) is 55.0 Å². The summed E-state index contributed by atoms with van der Waals surface area (Å²) in [6.07, 6.45) is 6.14. The molecule has 2 aliphatic rings. The Bertz CT molecular complexity index is 1940. The number of aromatic nitrogens is 3. The number of piperidine rings is 1. The Labute approximate surface area is 316 Å². The summed E-state index contributed by atoms with van der Waals surface area (Å²) in [5.41, 5.74) is 0.395. The molecule has 0 bridgehead atoms. The van der Waals surface area contributed by atoms with Crippen LogP contribution in [-0.2, 0) is 31.8 Å². The predicted octanol–water partition coefficient (Wildman–Crippen LogP) is 6.70. The molecule has 5 rings (SSSR count). The second kappa shape index (κ2) is 17.1. The van der Waals surface area contributed by atoms with E-state index in [1.165, 1.54) is 23.4 Å². The number of carbonyl (C=O) groups is 1. The number of fused-ring (bicyclic) bond motifs is 1. The zero-order valence-electron chi connectivity index (χ0n) is 32.0. The molecule has 12 nitrogen and oxygen atoms in total. The SMILES string of the molecule is C=CC(CCCCCn1c(=O)c(N2CCS(=O)(=O)CC2)cc2c(N[C@H](C)c3cccc(C(F)(F)C4CCN(C(=O)OC(C)(C)C)CC4)c3)ncnc21)OC. The van der Waals surface area contributed by atoms with Gasteiger partial charge in [-0.05, 0) is 71.1 Å². The van der Waals surface area contributed by atoms with E-state index >= 15 is 8.78 Å². The lowest BCUT2D eigenvalue weighted by Crippen LogP contribution is -2.44. The van der Waals surface area contributed by atoms with Crippen molar-refractivity contribution in [2.24, 2.45) is 5.92 Å². The fourth-order valence-electron chi connectivity index (χ4n) is 7.08. The van der Waals surface area contributed by atoms with E-state index in [2.05, 4.69) is 21.9 Å². The van der Waals surface area contributed by atoms with Crippen LogP contribution in [-0.4, -0.2) is 90.4 Å². The van der Waals surface area contributed by atoms with E-state index in [1.807, 2.05) is 6.92 Å². The molecule has 1 aromatic carbocycles. The summed E-state index contributed by atoms with van der Waals surface area (Å²) >= 11 is 0. The highest BCUT2D eigenvalue weighted by Crippen LogP contribution is 2.42. The molecule has 54 heavy (non-hydrogen) atoms. The lowest BCUT2D eigenvalue weighted by Gasteiger charge is -2.36. The van der Waals surface area contributed by atoms with Crippen molar-refractivity contribution < 1.29 is 31.5 Å². The van der Waals surface area contributed by atoms with Crippen molar-refractivity contribution in [3.8, 4) is 0 Å². The Morgan fingerprint density at radius 2 is 1.78 bits per heavy atom. The molecular formula is C39H54F2N6O6S. The van der Waals surface area contributed by atoms with E-state index in [0.717, 1.165) is 19.3 Å². The topological polar surface area (TPSA) is 136 Å². The molecule has 296 valence electrons. The van der Waals surface area contributed by atoms with Gasteiger partial charge in [0.05, 0.1) is 23.0 Å². The molecule has 2 aromatic heterocycles. The molecule has 1 N–H and O–H groups in total. The average molecular weight is 773 g/mol. The van der Waals surface area contributed by atoms with Gasteiger partial charge in [-0.25, -0.2) is 32.0 Å². The number of alkyl halides is 2. The fourth-order valence-corrected chi connectivity index (χ4v) is 8.29. The lowest BCUT2D eigenvalue weighted by atomic mass is 9.85. The third kappa shape index (κ3) is 9.95. The molecule has 0 aliphatic carbocycles. The Balaban J connectivity index is 1.37. The molecule has 1 amide bonds. The molecule has 2 saturated heterocycles. The van der Waals surface area contributed by atoms with E-state index in [-0.39, 0.29) is 67.8 Å². The Morgan fingerprint density at radius 3 is 2.43 bits per heavy atom. The van der Waals surface area contributed by atoms with Crippen LogP contribution in [0.15, 0.2) is 54.1 Å². The minimum atomic E-state index is -3.19. The maximum absolute atomic E-state index is 16.0. The van der Waals surface area contributed by atoms with E-state index in [9.17, 15) is 18.0 Å². The molecule has 2 atom stereocenters. The third-order valence-electron chi connectivity index (χ3n) is 10.3. The normalized spacial score (nSPS) is 18.0. The number of methoxy groups -OCH3 is 1. The summed E-state index contributed by atoms with van der Waals surface area (Å²) < 4.78 is 69.0. The number of hydrogen-bond acceptors (Lipinski definition) is 10. The first kappa shape index (κ1) is 41.1. The highest BCUT2D eigenvalue weighted by atomic mass is 32.2. The van der Waals surface area contributed by atoms with Crippen molar-refractivity contribution in [3.05, 3.63) is 70.8 Å². The summed E-state index contributed by atoms with van der Waals surface area (Å²) in [6, 6.07) is 7.60. The van der Waals surface area contributed by atoms with E-state index in [0.29, 0.717) is 41.1 Å². The molecular weight excluding hydrogens is 719 g/mol. The van der Waals surface area contributed by atoms with Crippen LogP contribution >= 0.6 is 0 Å². The second-order valence-electron chi connectivity index (χ2n) is 15.3. The minimum Gasteiger partial charge on any atom is -0.444 e. The van der Waals surface area contributed by atoms with Gasteiger partial charge in [0.25, 0.3) is 11.5 Å². The molecule has 1 unspecified atom stereocenters. The summed E-state index contributed by atoms with van der Waals surface area (Å²) in [5.74, 6) is -3.74.